The molecule has 0 aliphatic carbocycles. The van der Waals surface area contributed by atoms with E-state index in [1.807, 2.05) is 51.1 Å². The molecule has 0 aliphatic heterocycles. The summed E-state index contributed by atoms with van der Waals surface area (Å²) < 4.78 is 0. The molecule has 0 saturated carbocycles. The van der Waals surface area contributed by atoms with Crippen LogP contribution in [0.25, 0.3) is 0 Å². The van der Waals surface area contributed by atoms with E-state index in [1.54, 1.807) is 0 Å². The van der Waals surface area contributed by atoms with Crippen LogP contribution in [-0.2, 0) is 16.0 Å². The fraction of sp³-hybridized carbons (Fsp3) is 0.429. The lowest BCUT2D eigenvalue weighted by atomic mass is 9.98. The molecule has 0 saturated heterocycles. The fourth-order valence-electron chi connectivity index (χ4n) is 1.53. The first-order chi connectivity index (χ1) is 7.92. The molecule has 92 valence electrons. The molecule has 0 bridgehead atoms. The van der Waals surface area contributed by atoms with Crippen LogP contribution < -0.4 is 5.32 Å². The molecule has 1 aromatic carbocycles. The number of amides is 1. The molecule has 0 aromatic heterocycles. The molecule has 0 radical (unpaired) electrons. The van der Waals surface area contributed by atoms with Crippen LogP contribution in [0.1, 0.15) is 26.3 Å². The quantitative estimate of drug-likeness (QED) is 0.638. The van der Waals surface area contributed by atoms with Crippen molar-refractivity contribution in [3.05, 3.63) is 35.9 Å². The van der Waals surface area contributed by atoms with Crippen molar-refractivity contribution in [1.82, 2.24) is 5.32 Å². The van der Waals surface area contributed by atoms with Crippen LogP contribution in [0.2, 0.25) is 0 Å². The number of benzene rings is 1. The van der Waals surface area contributed by atoms with Gasteiger partial charge in [-0.1, -0.05) is 30.3 Å². The summed E-state index contributed by atoms with van der Waals surface area (Å²) in [6, 6.07) is 9.55. The molecule has 1 amide bonds. The summed E-state index contributed by atoms with van der Waals surface area (Å²) in [7, 11) is 0. The lowest BCUT2D eigenvalue weighted by Gasteiger charge is -2.22. The largest absolute Gasteiger partial charge is 0.351 e. The van der Waals surface area contributed by atoms with Crippen molar-refractivity contribution in [3.63, 3.8) is 0 Å². The van der Waals surface area contributed by atoms with Crippen LogP contribution in [0.3, 0.4) is 0 Å². The molecule has 1 aromatic rings. The zero-order chi connectivity index (χ0) is 12.9. The number of aldehydes is 1. The van der Waals surface area contributed by atoms with Gasteiger partial charge in [0.25, 0.3) is 0 Å². The summed E-state index contributed by atoms with van der Waals surface area (Å²) in [6.07, 6.45) is 1.17. The first-order valence-electron chi connectivity index (χ1n) is 5.73. The Kier molecular flexibility index (Phi) is 4.44. The molecule has 0 heterocycles. The molecule has 1 unspecified atom stereocenters. The molecule has 3 nitrogen and oxygen atoms in total. The van der Waals surface area contributed by atoms with E-state index in [4.69, 9.17) is 0 Å². The maximum absolute atomic E-state index is 11.9. The molecule has 0 spiro atoms. The average molecular weight is 233 g/mol. The normalized spacial score (nSPS) is 12.9. The monoisotopic (exact) mass is 233 g/mol. The average Bonchev–Trinajstić information content (AvgIpc) is 2.24. The Morgan fingerprint density at radius 2 is 1.88 bits per heavy atom. The highest BCUT2D eigenvalue weighted by molar-refractivity contribution is 5.92. The van der Waals surface area contributed by atoms with Gasteiger partial charge < -0.3 is 10.1 Å². The van der Waals surface area contributed by atoms with Crippen LogP contribution in [-0.4, -0.2) is 17.7 Å². The van der Waals surface area contributed by atoms with E-state index in [0.29, 0.717) is 12.7 Å². The van der Waals surface area contributed by atoms with Gasteiger partial charge in [0.1, 0.15) is 6.29 Å². The summed E-state index contributed by atoms with van der Waals surface area (Å²) in [5.41, 5.74) is 0.684. The minimum Gasteiger partial charge on any atom is -0.351 e. The summed E-state index contributed by atoms with van der Waals surface area (Å²) >= 11 is 0. The standard InChI is InChI=1S/C14H19NO2/c1-14(2,3)15-13(17)12(10-16)9-11-7-5-4-6-8-11/h4-8,10,12H,9H2,1-3H3,(H,15,17). The van der Waals surface area contributed by atoms with Crippen molar-refractivity contribution < 1.29 is 9.59 Å². The predicted octanol–water partition coefficient (Wildman–Crippen LogP) is 1.96. The lowest BCUT2D eigenvalue weighted by Crippen LogP contribution is -2.44. The molecule has 3 heteroatoms. The van der Waals surface area contributed by atoms with Crippen LogP contribution in [0.5, 0.6) is 0 Å². The Morgan fingerprint density at radius 1 is 1.29 bits per heavy atom. The Morgan fingerprint density at radius 3 is 2.35 bits per heavy atom. The van der Waals surface area contributed by atoms with Gasteiger partial charge in [0.2, 0.25) is 5.91 Å². The van der Waals surface area contributed by atoms with Gasteiger partial charge in [-0.2, -0.15) is 0 Å². The van der Waals surface area contributed by atoms with Crippen molar-refractivity contribution in [2.75, 3.05) is 0 Å². The topological polar surface area (TPSA) is 46.2 Å². The zero-order valence-corrected chi connectivity index (χ0v) is 10.6. The summed E-state index contributed by atoms with van der Waals surface area (Å²) in [4.78, 5) is 22.8. The van der Waals surface area contributed by atoms with E-state index in [1.165, 1.54) is 0 Å². The van der Waals surface area contributed by atoms with Gasteiger partial charge in [0.05, 0.1) is 5.92 Å². The number of carbonyl (C=O) groups excluding carboxylic acids is 2. The van der Waals surface area contributed by atoms with E-state index >= 15 is 0 Å². The molecule has 17 heavy (non-hydrogen) atoms. The Balaban J connectivity index is 2.66. The maximum Gasteiger partial charge on any atom is 0.231 e. The third-order valence-corrected chi connectivity index (χ3v) is 2.30. The predicted molar refractivity (Wildman–Crippen MR) is 67.6 cm³/mol. The molecular formula is C14H19NO2. The Labute approximate surface area is 102 Å². The maximum atomic E-state index is 11.9. The van der Waals surface area contributed by atoms with Crippen LogP contribution in [0.4, 0.5) is 0 Å². The summed E-state index contributed by atoms with van der Waals surface area (Å²) in [5.74, 6) is -0.826. The SMILES string of the molecule is CC(C)(C)NC(=O)C(C=O)Cc1ccccc1. The summed E-state index contributed by atoms with van der Waals surface area (Å²) in [5, 5.41) is 2.82. The number of rotatable bonds is 4. The second kappa shape index (κ2) is 5.62. The first kappa shape index (κ1) is 13.4. The van der Waals surface area contributed by atoms with Crippen molar-refractivity contribution in [3.8, 4) is 0 Å². The Hall–Kier alpha value is -1.64. The molecule has 1 atom stereocenters. The van der Waals surface area contributed by atoms with Crippen LogP contribution >= 0.6 is 0 Å². The number of hydrogen-bond donors (Lipinski definition) is 1. The van der Waals surface area contributed by atoms with Crippen molar-refractivity contribution in [1.29, 1.82) is 0 Å². The van der Waals surface area contributed by atoms with Gasteiger partial charge in [-0.3, -0.25) is 4.79 Å². The zero-order valence-electron chi connectivity index (χ0n) is 10.6. The third kappa shape index (κ3) is 4.81. The van der Waals surface area contributed by atoms with Crippen molar-refractivity contribution in [2.45, 2.75) is 32.7 Å². The highest BCUT2D eigenvalue weighted by Gasteiger charge is 2.22. The fourth-order valence-corrected chi connectivity index (χ4v) is 1.53. The second-order valence-electron chi connectivity index (χ2n) is 5.17. The number of carbonyl (C=O) groups is 2. The number of nitrogens with one attached hydrogen (secondary N) is 1. The molecular weight excluding hydrogens is 214 g/mol. The van der Waals surface area contributed by atoms with E-state index in [2.05, 4.69) is 5.32 Å². The lowest BCUT2D eigenvalue weighted by molar-refractivity contribution is -0.130. The van der Waals surface area contributed by atoms with Gasteiger partial charge >= 0.3 is 0 Å². The van der Waals surface area contributed by atoms with Crippen molar-refractivity contribution >= 4 is 12.2 Å². The first-order valence-corrected chi connectivity index (χ1v) is 5.73. The molecule has 0 aliphatic rings. The minimum absolute atomic E-state index is 0.212. The van der Waals surface area contributed by atoms with Crippen molar-refractivity contribution in [2.24, 2.45) is 5.92 Å². The molecule has 0 fully saturated rings. The number of hydrogen-bond acceptors (Lipinski definition) is 2. The minimum atomic E-state index is -0.614. The van der Waals surface area contributed by atoms with Crippen LogP contribution in [0.15, 0.2) is 30.3 Å². The highest BCUT2D eigenvalue weighted by Crippen LogP contribution is 2.09. The smallest absolute Gasteiger partial charge is 0.231 e. The van der Waals surface area contributed by atoms with Crippen LogP contribution in [0, 0.1) is 5.92 Å². The second-order valence-corrected chi connectivity index (χ2v) is 5.17. The molecule has 1 rings (SSSR count). The van der Waals surface area contributed by atoms with Gasteiger partial charge in [0, 0.05) is 5.54 Å². The third-order valence-electron chi connectivity index (χ3n) is 2.30. The molecule has 1 N–H and O–H groups in total. The van der Waals surface area contributed by atoms with Gasteiger partial charge in [0.15, 0.2) is 0 Å². The van der Waals surface area contributed by atoms with E-state index in [0.717, 1.165) is 5.56 Å². The van der Waals surface area contributed by atoms with E-state index < -0.39 is 5.92 Å². The van der Waals surface area contributed by atoms with Gasteiger partial charge in [-0.05, 0) is 32.8 Å². The van der Waals surface area contributed by atoms with E-state index in [-0.39, 0.29) is 11.4 Å². The van der Waals surface area contributed by atoms with Gasteiger partial charge in [-0.15, -0.1) is 0 Å². The Bertz CT molecular complexity index is 379. The highest BCUT2D eigenvalue weighted by atomic mass is 16.2. The van der Waals surface area contributed by atoms with E-state index in [9.17, 15) is 9.59 Å². The van der Waals surface area contributed by atoms with Gasteiger partial charge in [-0.25, -0.2) is 0 Å². The summed E-state index contributed by atoms with van der Waals surface area (Å²) in [6.45, 7) is 5.69.